The van der Waals surface area contributed by atoms with Gasteiger partial charge in [-0.1, -0.05) is 0 Å². The summed E-state index contributed by atoms with van der Waals surface area (Å²) in [4.78, 5) is 14.0. The summed E-state index contributed by atoms with van der Waals surface area (Å²) in [6, 6.07) is 0.547. The lowest BCUT2D eigenvalue weighted by molar-refractivity contribution is -0.137. The van der Waals surface area contributed by atoms with Gasteiger partial charge in [0, 0.05) is 25.1 Å². The molecule has 2 heterocycles. The van der Waals surface area contributed by atoms with Gasteiger partial charge in [0.2, 0.25) is 5.91 Å². The molecule has 2 fully saturated rings. The van der Waals surface area contributed by atoms with E-state index in [1.807, 2.05) is 4.90 Å². The number of hydrogen-bond acceptors (Lipinski definition) is 3. The van der Waals surface area contributed by atoms with E-state index in [0.717, 1.165) is 32.1 Å². The first-order valence-electron chi connectivity index (χ1n) is 6.32. The lowest BCUT2D eigenvalue weighted by atomic mass is 9.99. The van der Waals surface area contributed by atoms with Crippen LogP contribution in [0.4, 0.5) is 0 Å². The Kier molecular flexibility index (Phi) is 3.82. The molecule has 2 saturated heterocycles. The average molecular weight is 227 g/mol. The van der Waals surface area contributed by atoms with Crippen LogP contribution in [0, 0.1) is 0 Å². The number of hydrogen-bond donors (Lipinski definition) is 2. The summed E-state index contributed by atoms with van der Waals surface area (Å²) in [5.41, 5.74) is 0. The first-order chi connectivity index (χ1) is 7.72. The Labute approximate surface area is 96.3 Å². The van der Waals surface area contributed by atoms with E-state index in [1.54, 1.807) is 0 Å². The van der Waals surface area contributed by atoms with Crippen LogP contribution < -0.4 is 0 Å². The summed E-state index contributed by atoms with van der Waals surface area (Å²) in [5, 5.41) is 18.3. The van der Waals surface area contributed by atoms with Gasteiger partial charge in [0.25, 0.3) is 0 Å². The molecular formula is C12H21NO3. The molecule has 0 aromatic carbocycles. The van der Waals surface area contributed by atoms with Gasteiger partial charge in [0.05, 0.1) is 6.10 Å². The van der Waals surface area contributed by atoms with E-state index in [4.69, 9.17) is 5.11 Å². The van der Waals surface area contributed by atoms with E-state index in [2.05, 4.69) is 0 Å². The molecule has 2 aliphatic rings. The minimum atomic E-state index is -0.209. The minimum Gasteiger partial charge on any atom is -0.396 e. The van der Waals surface area contributed by atoms with Crippen molar-refractivity contribution in [3.05, 3.63) is 0 Å². The molecule has 92 valence electrons. The van der Waals surface area contributed by atoms with E-state index in [9.17, 15) is 9.90 Å². The molecule has 2 N–H and O–H groups in total. The number of rotatable bonds is 4. The Balaban J connectivity index is 1.87. The fraction of sp³-hybridized carbons (Fsp3) is 0.917. The highest BCUT2D eigenvalue weighted by molar-refractivity contribution is 5.77. The van der Waals surface area contributed by atoms with Gasteiger partial charge in [0.15, 0.2) is 0 Å². The van der Waals surface area contributed by atoms with Gasteiger partial charge in [-0.05, 0) is 38.5 Å². The van der Waals surface area contributed by atoms with Crippen molar-refractivity contribution in [1.82, 2.24) is 4.90 Å². The number of nitrogens with zero attached hydrogens (tertiary/aromatic N) is 1. The molecule has 0 radical (unpaired) electrons. The van der Waals surface area contributed by atoms with Gasteiger partial charge in [-0.15, -0.1) is 0 Å². The molecule has 0 spiro atoms. The highest BCUT2D eigenvalue weighted by Gasteiger charge is 2.42. The number of aliphatic hydroxyl groups is 2. The van der Waals surface area contributed by atoms with Crippen molar-refractivity contribution in [3.63, 3.8) is 0 Å². The third-order valence-electron chi connectivity index (χ3n) is 3.79. The Bertz CT molecular complexity index is 243. The number of amides is 1. The third kappa shape index (κ3) is 2.38. The Morgan fingerprint density at radius 3 is 2.38 bits per heavy atom. The number of aliphatic hydroxyl groups excluding tert-OH is 2. The van der Waals surface area contributed by atoms with Crippen molar-refractivity contribution in [3.8, 4) is 0 Å². The van der Waals surface area contributed by atoms with Gasteiger partial charge in [-0.3, -0.25) is 4.79 Å². The second kappa shape index (κ2) is 5.15. The molecule has 4 nitrogen and oxygen atoms in total. The summed E-state index contributed by atoms with van der Waals surface area (Å²) in [6.07, 6.45) is 5.42. The van der Waals surface area contributed by atoms with Crippen molar-refractivity contribution in [2.24, 2.45) is 0 Å². The predicted octanol–water partition coefficient (Wildman–Crippen LogP) is 0.663. The van der Waals surface area contributed by atoms with Crippen molar-refractivity contribution < 1.29 is 15.0 Å². The molecule has 4 heteroatoms. The molecule has 1 amide bonds. The summed E-state index contributed by atoms with van der Waals surface area (Å²) in [7, 11) is 0. The van der Waals surface area contributed by atoms with Gasteiger partial charge in [-0.2, -0.15) is 0 Å². The zero-order valence-electron chi connectivity index (χ0n) is 9.64. The van der Waals surface area contributed by atoms with Crippen LogP contribution in [0.2, 0.25) is 0 Å². The molecule has 2 atom stereocenters. The van der Waals surface area contributed by atoms with Gasteiger partial charge >= 0.3 is 0 Å². The SMILES string of the molecule is O=C(CCCCO)N1C2CCC1CC(O)C2. The maximum atomic E-state index is 12.0. The highest BCUT2D eigenvalue weighted by Crippen LogP contribution is 2.36. The number of fused-ring (bicyclic) bond motifs is 2. The van der Waals surface area contributed by atoms with Crippen LogP contribution in [0.25, 0.3) is 0 Å². The molecule has 16 heavy (non-hydrogen) atoms. The molecule has 0 aromatic heterocycles. The first kappa shape index (κ1) is 11.9. The molecule has 2 rings (SSSR count). The second-order valence-corrected chi connectivity index (χ2v) is 4.99. The van der Waals surface area contributed by atoms with E-state index in [-0.39, 0.29) is 30.7 Å². The highest BCUT2D eigenvalue weighted by atomic mass is 16.3. The second-order valence-electron chi connectivity index (χ2n) is 4.99. The molecule has 0 saturated carbocycles. The largest absolute Gasteiger partial charge is 0.396 e. The van der Waals surface area contributed by atoms with E-state index in [0.29, 0.717) is 12.8 Å². The number of carbonyl (C=O) groups excluding carboxylic acids is 1. The van der Waals surface area contributed by atoms with Crippen LogP contribution in [0.15, 0.2) is 0 Å². The molecule has 0 aromatic rings. The number of unbranched alkanes of at least 4 members (excludes halogenated alkanes) is 1. The monoisotopic (exact) mass is 227 g/mol. The molecule has 0 aliphatic carbocycles. The maximum absolute atomic E-state index is 12.0. The fourth-order valence-corrected chi connectivity index (χ4v) is 3.07. The van der Waals surface area contributed by atoms with E-state index in [1.165, 1.54) is 0 Å². The lowest BCUT2D eigenvalue weighted by Crippen LogP contribution is -2.47. The average Bonchev–Trinajstić information content (AvgIpc) is 2.52. The van der Waals surface area contributed by atoms with E-state index < -0.39 is 0 Å². The minimum absolute atomic E-state index is 0.166. The van der Waals surface area contributed by atoms with Crippen LogP contribution in [0.1, 0.15) is 44.9 Å². The van der Waals surface area contributed by atoms with Crippen molar-refractivity contribution >= 4 is 5.91 Å². The van der Waals surface area contributed by atoms with Crippen LogP contribution in [-0.2, 0) is 4.79 Å². The number of carbonyl (C=O) groups is 1. The summed E-state index contributed by atoms with van der Waals surface area (Å²) < 4.78 is 0. The van der Waals surface area contributed by atoms with Crippen LogP contribution in [-0.4, -0.2) is 45.8 Å². The zero-order valence-corrected chi connectivity index (χ0v) is 9.64. The molecule has 2 unspecified atom stereocenters. The van der Waals surface area contributed by atoms with Crippen molar-refractivity contribution in [1.29, 1.82) is 0 Å². The number of piperidine rings is 1. The lowest BCUT2D eigenvalue weighted by Gasteiger charge is -2.37. The normalized spacial score (nSPS) is 33.1. The fourth-order valence-electron chi connectivity index (χ4n) is 3.07. The van der Waals surface area contributed by atoms with Crippen LogP contribution in [0.3, 0.4) is 0 Å². The third-order valence-corrected chi connectivity index (χ3v) is 3.79. The molecular weight excluding hydrogens is 206 g/mol. The van der Waals surface area contributed by atoms with Crippen molar-refractivity contribution in [2.75, 3.05) is 6.61 Å². The van der Waals surface area contributed by atoms with Gasteiger partial charge in [0.1, 0.15) is 0 Å². The summed E-state index contributed by atoms with van der Waals surface area (Å²) >= 11 is 0. The zero-order chi connectivity index (χ0) is 11.5. The molecule has 2 bridgehead atoms. The van der Waals surface area contributed by atoms with Crippen molar-refractivity contribution in [2.45, 2.75) is 63.1 Å². The Morgan fingerprint density at radius 1 is 1.19 bits per heavy atom. The van der Waals surface area contributed by atoms with Crippen LogP contribution >= 0.6 is 0 Å². The molecule has 2 aliphatic heterocycles. The summed E-state index contributed by atoms with van der Waals surface area (Å²) in [6.45, 7) is 0.166. The smallest absolute Gasteiger partial charge is 0.223 e. The van der Waals surface area contributed by atoms with Gasteiger partial charge < -0.3 is 15.1 Å². The maximum Gasteiger partial charge on any atom is 0.223 e. The first-order valence-corrected chi connectivity index (χ1v) is 6.32. The topological polar surface area (TPSA) is 60.8 Å². The van der Waals surface area contributed by atoms with E-state index >= 15 is 0 Å². The Morgan fingerprint density at radius 2 is 1.81 bits per heavy atom. The predicted molar refractivity (Wildman–Crippen MR) is 59.8 cm³/mol. The van der Waals surface area contributed by atoms with Crippen LogP contribution in [0.5, 0.6) is 0 Å². The van der Waals surface area contributed by atoms with Gasteiger partial charge in [-0.25, -0.2) is 0 Å². The standard InChI is InChI=1S/C12H21NO3/c14-6-2-1-3-12(16)13-9-4-5-10(13)8-11(15)7-9/h9-11,14-15H,1-8H2. The quantitative estimate of drug-likeness (QED) is 0.694. The summed E-state index contributed by atoms with van der Waals surface area (Å²) in [5.74, 6) is 0.216. The Hall–Kier alpha value is -0.610.